The highest BCUT2D eigenvalue weighted by Gasteiger charge is 2.22. The zero-order chi connectivity index (χ0) is 22.2. The van der Waals surface area contributed by atoms with Gasteiger partial charge >= 0.3 is 0 Å². The minimum absolute atomic E-state index is 0. The Morgan fingerprint density at radius 2 is 1.84 bits per heavy atom. The molecule has 0 heterocycles. The van der Waals surface area contributed by atoms with Gasteiger partial charge in [0.15, 0.2) is 17.5 Å². The van der Waals surface area contributed by atoms with Crippen molar-refractivity contribution in [3.8, 4) is 5.75 Å². The van der Waals surface area contributed by atoms with E-state index in [-0.39, 0.29) is 53.7 Å². The molecule has 1 aliphatic rings. The summed E-state index contributed by atoms with van der Waals surface area (Å²) in [6.07, 6.45) is 2.30. The highest BCUT2D eigenvalue weighted by Crippen LogP contribution is 2.30. The van der Waals surface area contributed by atoms with Gasteiger partial charge in [0, 0.05) is 20.1 Å². The average Bonchev–Trinajstić information content (AvgIpc) is 3.59. The lowest BCUT2D eigenvalue weighted by molar-refractivity contribution is 0.0950. The van der Waals surface area contributed by atoms with Gasteiger partial charge in [-0.2, -0.15) is 0 Å². The summed E-state index contributed by atoms with van der Waals surface area (Å²) in [4.78, 5) is 16.2. The number of hydrogen-bond acceptors (Lipinski definition) is 3. The molecule has 3 N–H and O–H groups in total. The van der Waals surface area contributed by atoms with Gasteiger partial charge in [0.05, 0.1) is 18.2 Å². The van der Waals surface area contributed by atoms with Crippen LogP contribution in [0.25, 0.3) is 0 Å². The van der Waals surface area contributed by atoms with E-state index in [0.717, 1.165) is 18.4 Å². The fraction of sp³-hybridized carbons (Fsp3) is 0.391. The second kappa shape index (κ2) is 12.6. The summed E-state index contributed by atoms with van der Waals surface area (Å²) in [5, 5.41) is 8.90. The normalized spacial score (nSPS) is 14.2. The van der Waals surface area contributed by atoms with Crippen LogP contribution in [0.15, 0.2) is 47.5 Å². The minimum Gasteiger partial charge on any atom is -0.490 e. The van der Waals surface area contributed by atoms with Crippen molar-refractivity contribution in [2.45, 2.75) is 25.8 Å². The fourth-order valence-corrected chi connectivity index (χ4v) is 2.98. The molecule has 9 heteroatoms. The Hall–Kier alpha value is -2.43. The molecule has 2 aromatic carbocycles. The van der Waals surface area contributed by atoms with Crippen LogP contribution < -0.4 is 20.7 Å². The third kappa shape index (κ3) is 7.61. The summed E-state index contributed by atoms with van der Waals surface area (Å²) < 4.78 is 33.5. The molecule has 2 aromatic rings. The van der Waals surface area contributed by atoms with E-state index >= 15 is 0 Å². The molecule has 0 aliphatic heterocycles. The molecule has 0 radical (unpaired) electrons. The molecule has 1 aliphatic carbocycles. The maximum atomic E-state index is 14.3. The number of carbonyl (C=O) groups excluding carboxylic acids is 1. The molecule has 0 aromatic heterocycles. The van der Waals surface area contributed by atoms with Crippen LogP contribution in [-0.2, 0) is 0 Å². The van der Waals surface area contributed by atoms with Crippen molar-refractivity contribution in [2.24, 2.45) is 10.9 Å². The van der Waals surface area contributed by atoms with Crippen LogP contribution in [0.3, 0.4) is 0 Å². The zero-order valence-electron chi connectivity index (χ0n) is 18.2. The van der Waals surface area contributed by atoms with E-state index in [0.29, 0.717) is 25.0 Å². The van der Waals surface area contributed by atoms with Gasteiger partial charge in [-0.25, -0.2) is 8.78 Å². The Balaban J connectivity index is 0.00000363. The minimum atomic E-state index is -0.560. The molecule has 32 heavy (non-hydrogen) atoms. The topological polar surface area (TPSA) is 74.8 Å². The molecular formula is C23H29F2IN4O2. The average molecular weight is 558 g/mol. The van der Waals surface area contributed by atoms with Gasteiger partial charge < -0.3 is 20.7 Å². The molecule has 174 valence electrons. The Bertz CT molecular complexity index is 938. The second-order valence-corrected chi connectivity index (χ2v) is 7.55. The number of hydrogen-bond donors (Lipinski definition) is 3. The summed E-state index contributed by atoms with van der Waals surface area (Å²) in [6.45, 7) is 3.12. The molecule has 0 bridgehead atoms. The molecule has 6 nitrogen and oxygen atoms in total. The van der Waals surface area contributed by atoms with Crippen LogP contribution in [0.4, 0.5) is 8.78 Å². The van der Waals surface area contributed by atoms with Gasteiger partial charge in [-0.05, 0) is 55.5 Å². The van der Waals surface area contributed by atoms with Crippen LogP contribution in [0.5, 0.6) is 5.75 Å². The number of amides is 1. The summed E-state index contributed by atoms with van der Waals surface area (Å²) >= 11 is 0. The lowest BCUT2D eigenvalue weighted by Gasteiger charge is -2.19. The first-order chi connectivity index (χ1) is 15.0. The van der Waals surface area contributed by atoms with E-state index < -0.39 is 11.7 Å². The van der Waals surface area contributed by atoms with Gasteiger partial charge in [-0.3, -0.25) is 9.79 Å². The second-order valence-electron chi connectivity index (χ2n) is 7.55. The van der Waals surface area contributed by atoms with Crippen LogP contribution >= 0.6 is 24.0 Å². The Morgan fingerprint density at radius 3 is 2.50 bits per heavy atom. The fourth-order valence-electron chi connectivity index (χ4n) is 2.98. The first kappa shape index (κ1) is 25.8. The monoisotopic (exact) mass is 558 g/mol. The number of guanidine groups is 1. The van der Waals surface area contributed by atoms with Crippen LogP contribution in [0.1, 0.15) is 41.7 Å². The maximum Gasteiger partial charge on any atom is 0.254 e. The van der Waals surface area contributed by atoms with Crippen LogP contribution in [0.2, 0.25) is 0 Å². The lowest BCUT2D eigenvalue weighted by atomic mass is 10.1. The smallest absolute Gasteiger partial charge is 0.254 e. The van der Waals surface area contributed by atoms with Gasteiger partial charge in [-0.15, -0.1) is 24.0 Å². The molecule has 1 atom stereocenters. The van der Waals surface area contributed by atoms with Crippen molar-refractivity contribution in [2.75, 3.05) is 26.7 Å². The molecule has 0 saturated heterocycles. The van der Waals surface area contributed by atoms with Crippen molar-refractivity contribution >= 4 is 35.8 Å². The number of rotatable bonds is 9. The Kier molecular flexibility index (Phi) is 10.1. The summed E-state index contributed by atoms with van der Waals surface area (Å²) in [7, 11) is 1.62. The van der Waals surface area contributed by atoms with Gasteiger partial charge in [0.25, 0.3) is 5.91 Å². The number of benzene rings is 2. The number of nitrogens with zero attached hydrogens (tertiary/aromatic N) is 1. The van der Waals surface area contributed by atoms with Crippen LogP contribution in [-0.4, -0.2) is 38.6 Å². The molecule has 1 unspecified atom stereocenters. The van der Waals surface area contributed by atoms with Gasteiger partial charge in [0.2, 0.25) is 0 Å². The van der Waals surface area contributed by atoms with E-state index in [2.05, 4.69) is 20.9 Å². The van der Waals surface area contributed by atoms with Gasteiger partial charge in [-0.1, -0.05) is 18.2 Å². The van der Waals surface area contributed by atoms with Crippen molar-refractivity contribution in [1.29, 1.82) is 0 Å². The number of nitrogens with one attached hydrogen (secondary N) is 3. The molecule has 1 saturated carbocycles. The third-order valence-corrected chi connectivity index (χ3v) is 5.03. The predicted molar refractivity (Wildman–Crippen MR) is 132 cm³/mol. The van der Waals surface area contributed by atoms with Gasteiger partial charge in [0.1, 0.15) is 5.82 Å². The SMILES string of the molecule is CN=C(NCCNC(=O)c1ccccc1F)NC(C)c1ccc(OCC2CC2)c(F)c1.I. The summed E-state index contributed by atoms with van der Waals surface area (Å²) in [5.74, 6) is -0.0830. The first-order valence-corrected chi connectivity index (χ1v) is 10.4. The van der Waals surface area contributed by atoms with Crippen LogP contribution in [0, 0.1) is 17.6 Å². The summed E-state index contributed by atoms with van der Waals surface area (Å²) in [6, 6.07) is 10.6. The zero-order valence-corrected chi connectivity index (χ0v) is 20.5. The largest absolute Gasteiger partial charge is 0.490 e. The van der Waals surface area contributed by atoms with E-state index in [9.17, 15) is 13.6 Å². The van der Waals surface area contributed by atoms with Crippen molar-refractivity contribution < 1.29 is 18.3 Å². The highest BCUT2D eigenvalue weighted by molar-refractivity contribution is 14.0. The Morgan fingerprint density at radius 1 is 1.12 bits per heavy atom. The molecule has 1 fully saturated rings. The first-order valence-electron chi connectivity index (χ1n) is 10.4. The number of aliphatic imine (C=N–C) groups is 1. The number of carbonyl (C=O) groups is 1. The highest BCUT2D eigenvalue weighted by atomic mass is 127. The number of halogens is 3. The van der Waals surface area contributed by atoms with Crippen molar-refractivity contribution in [1.82, 2.24) is 16.0 Å². The predicted octanol–water partition coefficient (Wildman–Crippen LogP) is 4.03. The molecule has 3 rings (SSSR count). The maximum absolute atomic E-state index is 14.3. The molecule has 1 amide bonds. The van der Waals surface area contributed by atoms with Crippen molar-refractivity contribution in [3.05, 3.63) is 65.2 Å². The molecule has 0 spiro atoms. The summed E-state index contributed by atoms with van der Waals surface area (Å²) in [5.41, 5.74) is 0.761. The lowest BCUT2D eigenvalue weighted by Crippen LogP contribution is -2.42. The van der Waals surface area contributed by atoms with E-state index in [4.69, 9.17) is 4.74 Å². The van der Waals surface area contributed by atoms with E-state index in [1.807, 2.05) is 13.0 Å². The van der Waals surface area contributed by atoms with E-state index in [1.165, 1.54) is 24.3 Å². The quantitative estimate of drug-likeness (QED) is 0.188. The van der Waals surface area contributed by atoms with E-state index in [1.54, 1.807) is 19.2 Å². The Labute approximate surface area is 204 Å². The molecular weight excluding hydrogens is 529 g/mol. The third-order valence-electron chi connectivity index (χ3n) is 5.03. The number of ether oxygens (including phenoxy) is 1. The van der Waals surface area contributed by atoms with Crippen molar-refractivity contribution in [3.63, 3.8) is 0 Å². The standard InChI is InChI=1S/C23H28F2N4O2.HI/c1-15(17-9-10-21(20(25)13-17)31-14-16-7-8-16)29-23(26-2)28-12-11-27-22(30)18-5-3-4-6-19(18)24;/h3-6,9-10,13,15-16H,7-8,11-12,14H2,1-2H3,(H,27,30)(H2,26,28,29);1H.